The van der Waals surface area contributed by atoms with Crippen LogP contribution in [-0.2, 0) is 28.8 Å². The van der Waals surface area contributed by atoms with Gasteiger partial charge in [-0.2, -0.15) is 0 Å². The number of carbonyl (C=O) groups is 5. The molecule has 1 rings (SSSR count). The number of hydrogen-bond acceptors (Lipinski definition) is 6. The van der Waals surface area contributed by atoms with Crippen LogP contribution in [0.1, 0.15) is 58.8 Å². The molecule has 0 radical (unpaired) electrons. The molecule has 1 aliphatic rings. The molecule has 1 aliphatic heterocycles. The lowest BCUT2D eigenvalue weighted by molar-refractivity contribution is -0.199. The number of nitrogens with zero attached hydrogens (tertiary/aromatic N) is 1. The summed E-state index contributed by atoms with van der Waals surface area (Å²) in [7, 11) is 0. The number of unbranched alkanes of at least 4 members (excludes halogenated alkanes) is 1. The monoisotopic (exact) mass is 355 g/mol. The van der Waals surface area contributed by atoms with Crippen molar-refractivity contribution in [2.75, 3.05) is 6.54 Å². The summed E-state index contributed by atoms with van der Waals surface area (Å²) < 4.78 is 0. The molecule has 1 unspecified atom stereocenters. The SMILES string of the molecule is CCC(=O)NCCCCC(NC(=O)CC)C(=O)ON1C(=O)CCC1=O. The maximum Gasteiger partial charge on any atom is 0.355 e. The van der Waals surface area contributed by atoms with Crippen LogP contribution in [0, 0.1) is 0 Å². The Kier molecular flexibility index (Phi) is 8.59. The van der Waals surface area contributed by atoms with Crippen molar-refractivity contribution < 1.29 is 28.8 Å². The second-order valence-corrected chi connectivity index (χ2v) is 5.67. The average molecular weight is 355 g/mol. The standard InChI is InChI=1S/C16H25N3O6/c1-3-12(20)17-10-6-5-7-11(18-13(21)4-2)16(24)25-19-14(22)8-9-15(19)23/h11H,3-10H2,1-2H3,(H,17,20)(H,18,21). The second-order valence-electron chi connectivity index (χ2n) is 5.67. The number of hydrogen-bond donors (Lipinski definition) is 2. The van der Waals surface area contributed by atoms with Gasteiger partial charge in [0.1, 0.15) is 6.04 Å². The predicted octanol–water partition coefficient (Wildman–Crippen LogP) is 0.185. The van der Waals surface area contributed by atoms with E-state index in [1.165, 1.54) is 0 Å². The summed E-state index contributed by atoms with van der Waals surface area (Å²) in [5.41, 5.74) is 0. The molecule has 4 amide bonds. The zero-order valence-electron chi connectivity index (χ0n) is 14.6. The third kappa shape index (κ3) is 6.90. The van der Waals surface area contributed by atoms with Crippen LogP contribution in [0.3, 0.4) is 0 Å². The fourth-order valence-electron chi connectivity index (χ4n) is 2.18. The van der Waals surface area contributed by atoms with E-state index in [9.17, 15) is 24.0 Å². The van der Waals surface area contributed by atoms with Crippen LogP contribution in [-0.4, -0.2) is 47.2 Å². The summed E-state index contributed by atoms with van der Waals surface area (Å²) in [4.78, 5) is 62.8. The van der Waals surface area contributed by atoms with E-state index in [1.807, 2.05) is 0 Å². The topological polar surface area (TPSA) is 122 Å². The molecule has 0 aromatic carbocycles. The first kappa shape index (κ1) is 20.6. The molecule has 1 atom stereocenters. The minimum absolute atomic E-state index is 0.00915. The summed E-state index contributed by atoms with van der Waals surface area (Å²) >= 11 is 0. The van der Waals surface area contributed by atoms with Crippen LogP contribution in [0.5, 0.6) is 0 Å². The Morgan fingerprint density at radius 3 is 2.20 bits per heavy atom. The molecule has 0 aliphatic carbocycles. The number of rotatable bonds is 10. The molecule has 140 valence electrons. The average Bonchev–Trinajstić information content (AvgIpc) is 2.91. The van der Waals surface area contributed by atoms with E-state index in [0.717, 1.165) is 0 Å². The molecule has 1 heterocycles. The highest BCUT2D eigenvalue weighted by molar-refractivity contribution is 6.01. The van der Waals surface area contributed by atoms with Crippen LogP contribution in [0.25, 0.3) is 0 Å². The summed E-state index contributed by atoms with van der Waals surface area (Å²) in [6.45, 7) is 3.87. The quantitative estimate of drug-likeness (QED) is 0.426. The van der Waals surface area contributed by atoms with E-state index in [1.54, 1.807) is 13.8 Å². The molecule has 1 fully saturated rings. The molecular formula is C16H25N3O6. The first-order valence-corrected chi connectivity index (χ1v) is 8.52. The van der Waals surface area contributed by atoms with E-state index in [4.69, 9.17) is 4.84 Å². The van der Waals surface area contributed by atoms with Crippen LogP contribution < -0.4 is 10.6 Å². The summed E-state index contributed by atoms with van der Waals surface area (Å²) in [6.07, 6.45) is 2.07. The van der Waals surface area contributed by atoms with Gasteiger partial charge in [-0.05, 0) is 19.3 Å². The molecule has 0 aromatic heterocycles. The van der Waals surface area contributed by atoms with Crippen molar-refractivity contribution in [3.63, 3.8) is 0 Å². The minimum Gasteiger partial charge on any atom is -0.356 e. The summed E-state index contributed by atoms with van der Waals surface area (Å²) in [5.74, 6) is -2.37. The van der Waals surface area contributed by atoms with E-state index < -0.39 is 23.8 Å². The van der Waals surface area contributed by atoms with Crippen molar-refractivity contribution >= 4 is 29.6 Å². The highest BCUT2D eigenvalue weighted by Gasteiger charge is 2.35. The minimum atomic E-state index is -0.949. The Hall–Kier alpha value is -2.45. The van der Waals surface area contributed by atoms with Gasteiger partial charge in [-0.1, -0.05) is 13.8 Å². The Labute approximate surface area is 146 Å². The lowest BCUT2D eigenvalue weighted by atomic mass is 10.1. The van der Waals surface area contributed by atoms with Crippen LogP contribution in [0.15, 0.2) is 0 Å². The first-order valence-electron chi connectivity index (χ1n) is 8.52. The van der Waals surface area contributed by atoms with Crippen LogP contribution >= 0.6 is 0 Å². The van der Waals surface area contributed by atoms with Crippen molar-refractivity contribution in [2.45, 2.75) is 64.8 Å². The molecule has 0 bridgehead atoms. The highest BCUT2D eigenvalue weighted by atomic mass is 16.7. The molecule has 2 N–H and O–H groups in total. The third-order valence-corrected chi connectivity index (χ3v) is 3.69. The highest BCUT2D eigenvalue weighted by Crippen LogP contribution is 2.14. The Bertz CT molecular complexity index is 518. The summed E-state index contributed by atoms with van der Waals surface area (Å²) in [6, 6.07) is -0.949. The van der Waals surface area contributed by atoms with Crippen molar-refractivity contribution in [3.05, 3.63) is 0 Å². The predicted molar refractivity (Wildman–Crippen MR) is 86.6 cm³/mol. The molecule has 9 nitrogen and oxygen atoms in total. The first-order chi connectivity index (χ1) is 11.9. The van der Waals surface area contributed by atoms with Gasteiger partial charge < -0.3 is 15.5 Å². The molecule has 1 saturated heterocycles. The van der Waals surface area contributed by atoms with Crippen molar-refractivity contribution in [3.8, 4) is 0 Å². The van der Waals surface area contributed by atoms with E-state index in [0.29, 0.717) is 30.9 Å². The number of amides is 4. The fraction of sp³-hybridized carbons (Fsp3) is 0.688. The van der Waals surface area contributed by atoms with Gasteiger partial charge in [-0.15, -0.1) is 5.06 Å². The van der Waals surface area contributed by atoms with Crippen molar-refractivity contribution in [2.24, 2.45) is 0 Å². The maximum atomic E-state index is 12.2. The zero-order chi connectivity index (χ0) is 18.8. The molecule has 0 saturated carbocycles. The van der Waals surface area contributed by atoms with E-state index >= 15 is 0 Å². The summed E-state index contributed by atoms with van der Waals surface area (Å²) in [5, 5.41) is 5.72. The molecular weight excluding hydrogens is 330 g/mol. The third-order valence-electron chi connectivity index (χ3n) is 3.69. The van der Waals surface area contributed by atoms with Gasteiger partial charge >= 0.3 is 5.97 Å². The van der Waals surface area contributed by atoms with Crippen LogP contribution in [0.4, 0.5) is 0 Å². The van der Waals surface area contributed by atoms with Crippen molar-refractivity contribution in [1.29, 1.82) is 0 Å². The second kappa shape index (κ2) is 10.4. The molecule has 25 heavy (non-hydrogen) atoms. The van der Waals surface area contributed by atoms with Gasteiger partial charge in [0.2, 0.25) is 11.8 Å². The van der Waals surface area contributed by atoms with E-state index in [-0.39, 0.29) is 37.5 Å². The number of carbonyl (C=O) groups excluding carboxylic acids is 5. The normalized spacial score (nSPS) is 15.0. The fourth-order valence-corrected chi connectivity index (χ4v) is 2.18. The van der Waals surface area contributed by atoms with Gasteiger partial charge in [0, 0.05) is 32.2 Å². The lowest BCUT2D eigenvalue weighted by Crippen LogP contribution is -2.45. The maximum absolute atomic E-state index is 12.2. The van der Waals surface area contributed by atoms with Gasteiger partial charge in [0.15, 0.2) is 0 Å². The van der Waals surface area contributed by atoms with Gasteiger partial charge in [0.25, 0.3) is 11.8 Å². The Morgan fingerprint density at radius 1 is 1.04 bits per heavy atom. The largest absolute Gasteiger partial charge is 0.356 e. The molecule has 0 spiro atoms. The smallest absolute Gasteiger partial charge is 0.355 e. The number of hydroxylamine groups is 2. The Morgan fingerprint density at radius 2 is 1.64 bits per heavy atom. The van der Waals surface area contributed by atoms with Crippen LogP contribution in [0.2, 0.25) is 0 Å². The van der Waals surface area contributed by atoms with Gasteiger partial charge in [0.05, 0.1) is 0 Å². The number of nitrogens with one attached hydrogen (secondary N) is 2. The number of imide groups is 1. The molecule has 0 aromatic rings. The molecule has 9 heteroatoms. The lowest BCUT2D eigenvalue weighted by Gasteiger charge is -2.20. The van der Waals surface area contributed by atoms with Gasteiger partial charge in [-0.25, -0.2) is 4.79 Å². The zero-order valence-corrected chi connectivity index (χ0v) is 14.6. The van der Waals surface area contributed by atoms with Crippen molar-refractivity contribution in [1.82, 2.24) is 15.7 Å². The van der Waals surface area contributed by atoms with E-state index in [2.05, 4.69) is 10.6 Å². The van der Waals surface area contributed by atoms with Gasteiger partial charge in [-0.3, -0.25) is 19.2 Å². The Balaban J connectivity index is 2.52.